The Kier molecular flexibility index (Phi) is 5.14. The number of nitrogens with zero attached hydrogens (tertiary/aromatic N) is 2. The lowest BCUT2D eigenvalue weighted by atomic mass is 10.2. The number of amides is 2. The second-order valence-corrected chi connectivity index (χ2v) is 7.44. The maximum Gasteiger partial charge on any atom is 0.238 e. The molecule has 23 heavy (non-hydrogen) atoms. The largest absolute Gasteiger partial charge is 0.340 e. The molecule has 0 saturated carbocycles. The van der Waals surface area contributed by atoms with Crippen molar-refractivity contribution in [2.24, 2.45) is 0 Å². The predicted molar refractivity (Wildman–Crippen MR) is 93.0 cm³/mol. The van der Waals surface area contributed by atoms with Crippen LogP contribution in [0.25, 0.3) is 0 Å². The summed E-state index contributed by atoms with van der Waals surface area (Å²) in [5, 5.41) is 3.07. The highest BCUT2D eigenvalue weighted by atomic mass is 35.5. The van der Waals surface area contributed by atoms with Gasteiger partial charge in [0.2, 0.25) is 11.8 Å². The van der Waals surface area contributed by atoms with E-state index < -0.39 is 0 Å². The number of nitrogens with one attached hydrogen (secondary N) is 1. The molecule has 0 bridgehead atoms. The van der Waals surface area contributed by atoms with Crippen LogP contribution in [-0.2, 0) is 9.59 Å². The second kappa shape index (κ2) is 7.11. The van der Waals surface area contributed by atoms with Crippen molar-refractivity contribution in [1.82, 2.24) is 9.80 Å². The minimum atomic E-state index is -0.375. The fraction of sp³-hybridized carbons (Fsp3) is 0.500. The smallest absolute Gasteiger partial charge is 0.238 e. The number of hydrogen-bond acceptors (Lipinski definition) is 4. The van der Waals surface area contributed by atoms with Gasteiger partial charge in [0, 0.05) is 42.5 Å². The van der Waals surface area contributed by atoms with E-state index in [2.05, 4.69) is 17.1 Å². The molecule has 2 aliphatic rings. The minimum Gasteiger partial charge on any atom is -0.340 e. The third-order valence-corrected chi connectivity index (χ3v) is 5.80. The van der Waals surface area contributed by atoms with Crippen molar-refractivity contribution in [2.45, 2.75) is 23.5 Å². The zero-order valence-electron chi connectivity index (χ0n) is 13.0. The van der Waals surface area contributed by atoms with Gasteiger partial charge in [-0.25, -0.2) is 0 Å². The van der Waals surface area contributed by atoms with Gasteiger partial charge in [-0.3, -0.25) is 9.59 Å². The molecule has 1 aromatic rings. The lowest BCUT2D eigenvalue weighted by molar-refractivity contribution is -0.134. The van der Waals surface area contributed by atoms with E-state index in [9.17, 15) is 9.59 Å². The van der Waals surface area contributed by atoms with Crippen molar-refractivity contribution in [1.29, 1.82) is 0 Å². The third-order valence-electron chi connectivity index (χ3n) is 4.29. The lowest BCUT2D eigenvalue weighted by Crippen LogP contribution is -2.49. The molecule has 1 N–H and O–H groups in total. The Hall–Kier alpha value is -1.24. The molecule has 1 saturated heterocycles. The summed E-state index contributed by atoms with van der Waals surface area (Å²) in [6, 6.07) is 5.43. The summed E-state index contributed by atoms with van der Waals surface area (Å²) < 4.78 is 0. The Morgan fingerprint density at radius 3 is 2.78 bits per heavy atom. The SMILES string of the molecule is CCN1CCN(C(=O)CC2Sc3ccc(Cl)cc3NC2=O)CC1. The molecule has 0 radical (unpaired) electrons. The lowest BCUT2D eigenvalue weighted by Gasteiger charge is -2.35. The number of rotatable bonds is 3. The van der Waals surface area contributed by atoms with E-state index >= 15 is 0 Å². The van der Waals surface area contributed by atoms with Crippen molar-refractivity contribution in [3.05, 3.63) is 23.2 Å². The fourth-order valence-corrected chi connectivity index (χ4v) is 4.11. The number of hydrogen-bond donors (Lipinski definition) is 1. The first-order chi connectivity index (χ1) is 11.1. The number of piperazine rings is 1. The molecule has 1 atom stereocenters. The molecule has 0 aliphatic carbocycles. The standard InChI is InChI=1S/C16H20ClN3O2S/c1-2-19-5-7-20(8-6-19)15(21)10-14-16(22)18-12-9-11(17)3-4-13(12)23-14/h3-4,9,14H,2,5-8,10H2,1H3,(H,18,22). The van der Waals surface area contributed by atoms with Crippen LogP contribution >= 0.6 is 23.4 Å². The number of fused-ring (bicyclic) bond motifs is 1. The average molecular weight is 354 g/mol. The predicted octanol–water partition coefficient (Wildman–Crippen LogP) is 2.31. The van der Waals surface area contributed by atoms with Gasteiger partial charge in [-0.1, -0.05) is 18.5 Å². The topological polar surface area (TPSA) is 52.6 Å². The van der Waals surface area contributed by atoms with Gasteiger partial charge in [-0.05, 0) is 24.7 Å². The fourth-order valence-electron chi connectivity index (χ4n) is 2.86. The quantitative estimate of drug-likeness (QED) is 0.906. The normalized spacial score (nSPS) is 21.7. The second-order valence-electron chi connectivity index (χ2n) is 5.76. The highest BCUT2D eigenvalue weighted by Crippen LogP contribution is 2.38. The van der Waals surface area contributed by atoms with Gasteiger partial charge in [0.05, 0.1) is 10.9 Å². The number of likely N-dealkylation sites (N-methyl/N-ethyl adjacent to an activating group) is 1. The van der Waals surface area contributed by atoms with Crippen molar-refractivity contribution in [3.8, 4) is 0 Å². The van der Waals surface area contributed by atoms with Crippen molar-refractivity contribution in [3.63, 3.8) is 0 Å². The van der Waals surface area contributed by atoms with Crippen LogP contribution in [0, 0.1) is 0 Å². The van der Waals surface area contributed by atoms with Crippen LogP contribution in [0.15, 0.2) is 23.1 Å². The molecule has 1 unspecified atom stereocenters. The van der Waals surface area contributed by atoms with E-state index in [1.807, 2.05) is 11.0 Å². The molecule has 0 aromatic heterocycles. The molecule has 124 valence electrons. The van der Waals surface area contributed by atoms with Gasteiger partial charge in [0.15, 0.2) is 0 Å². The Balaban J connectivity index is 1.61. The number of carbonyl (C=O) groups is 2. The van der Waals surface area contributed by atoms with Gasteiger partial charge in [0.25, 0.3) is 0 Å². The van der Waals surface area contributed by atoms with Gasteiger partial charge >= 0.3 is 0 Å². The summed E-state index contributed by atoms with van der Waals surface area (Å²) in [5.41, 5.74) is 0.729. The van der Waals surface area contributed by atoms with E-state index in [0.29, 0.717) is 5.02 Å². The van der Waals surface area contributed by atoms with Crippen LogP contribution in [0.4, 0.5) is 5.69 Å². The summed E-state index contributed by atoms with van der Waals surface area (Å²) in [7, 11) is 0. The van der Waals surface area contributed by atoms with E-state index in [1.165, 1.54) is 11.8 Å². The van der Waals surface area contributed by atoms with Crippen LogP contribution in [0.3, 0.4) is 0 Å². The number of carbonyl (C=O) groups excluding carboxylic acids is 2. The zero-order valence-corrected chi connectivity index (χ0v) is 14.6. The number of benzene rings is 1. The van der Waals surface area contributed by atoms with Crippen LogP contribution in [0.2, 0.25) is 5.02 Å². The van der Waals surface area contributed by atoms with Crippen molar-refractivity contribution < 1.29 is 9.59 Å². The number of halogens is 1. The maximum atomic E-state index is 12.5. The molecule has 1 aromatic carbocycles. The summed E-state index contributed by atoms with van der Waals surface area (Å²) in [4.78, 5) is 29.9. The molecule has 0 spiro atoms. The Morgan fingerprint density at radius 1 is 1.35 bits per heavy atom. The molecule has 3 rings (SSSR count). The van der Waals surface area contributed by atoms with Gasteiger partial charge in [0.1, 0.15) is 0 Å². The highest BCUT2D eigenvalue weighted by molar-refractivity contribution is 8.01. The molecule has 2 aliphatic heterocycles. The van der Waals surface area contributed by atoms with E-state index in [4.69, 9.17) is 11.6 Å². The zero-order chi connectivity index (χ0) is 16.4. The first-order valence-corrected chi connectivity index (χ1v) is 9.10. The molecular weight excluding hydrogens is 334 g/mol. The van der Waals surface area contributed by atoms with Crippen LogP contribution in [0.1, 0.15) is 13.3 Å². The van der Waals surface area contributed by atoms with Crippen molar-refractivity contribution in [2.75, 3.05) is 38.0 Å². The Bertz CT molecular complexity index is 617. The first kappa shape index (κ1) is 16.6. The molecule has 7 heteroatoms. The average Bonchev–Trinajstić information content (AvgIpc) is 2.55. The summed E-state index contributed by atoms with van der Waals surface area (Å²) in [5.74, 6) is -0.0591. The molecule has 2 heterocycles. The van der Waals surface area contributed by atoms with E-state index in [0.717, 1.165) is 43.3 Å². The third kappa shape index (κ3) is 3.82. The Labute approximate surface area is 145 Å². The van der Waals surface area contributed by atoms with Crippen molar-refractivity contribution >= 4 is 40.9 Å². The Morgan fingerprint density at radius 2 is 2.09 bits per heavy atom. The molecule has 2 amide bonds. The van der Waals surface area contributed by atoms with Crippen LogP contribution < -0.4 is 5.32 Å². The van der Waals surface area contributed by atoms with Gasteiger partial charge in [-0.15, -0.1) is 11.8 Å². The summed E-state index contributed by atoms with van der Waals surface area (Å²) in [6.07, 6.45) is 0.241. The summed E-state index contributed by atoms with van der Waals surface area (Å²) in [6.45, 7) is 6.46. The number of anilines is 1. The van der Waals surface area contributed by atoms with E-state index in [1.54, 1.807) is 12.1 Å². The monoisotopic (exact) mass is 353 g/mol. The summed E-state index contributed by atoms with van der Waals surface area (Å²) >= 11 is 7.39. The first-order valence-electron chi connectivity index (χ1n) is 7.84. The number of thioether (sulfide) groups is 1. The molecular formula is C16H20ClN3O2S. The van der Waals surface area contributed by atoms with Crippen LogP contribution in [0.5, 0.6) is 0 Å². The minimum absolute atomic E-state index is 0.0609. The highest BCUT2D eigenvalue weighted by Gasteiger charge is 2.31. The molecule has 1 fully saturated rings. The van der Waals surface area contributed by atoms with Crippen LogP contribution in [-0.4, -0.2) is 59.6 Å². The maximum absolute atomic E-state index is 12.5. The van der Waals surface area contributed by atoms with E-state index in [-0.39, 0.29) is 23.5 Å². The van der Waals surface area contributed by atoms with Gasteiger partial charge < -0.3 is 15.1 Å². The molecule has 5 nitrogen and oxygen atoms in total. The van der Waals surface area contributed by atoms with Gasteiger partial charge in [-0.2, -0.15) is 0 Å².